The second-order valence-corrected chi connectivity index (χ2v) is 7.04. The largest absolute Gasteiger partial charge is 0.416 e. The van der Waals surface area contributed by atoms with Crippen LogP contribution in [0, 0.1) is 6.92 Å². The molecule has 0 fully saturated rings. The number of amides is 2. The van der Waals surface area contributed by atoms with Gasteiger partial charge < -0.3 is 11.1 Å². The number of aromatic nitrogens is 5. The van der Waals surface area contributed by atoms with E-state index in [0.717, 1.165) is 11.0 Å². The third kappa shape index (κ3) is 5.29. The summed E-state index contributed by atoms with van der Waals surface area (Å²) < 4.78 is 79.7. The van der Waals surface area contributed by atoms with Crippen LogP contribution in [0.15, 0.2) is 30.6 Å². The molecule has 2 heterocycles. The van der Waals surface area contributed by atoms with Crippen LogP contribution >= 0.6 is 0 Å². The molecule has 2 aromatic heterocycles. The normalized spacial score (nSPS) is 12.9. The van der Waals surface area contributed by atoms with Crippen LogP contribution in [0.5, 0.6) is 0 Å². The number of hydrogen-bond donors (Lipinski definition) is 2. The number of nitrogens with one attached hydrogen (secondary N) is 1. The summed E-state index contributed by atoms with van der Waals surface area (Å²) in [7, 11) is 0. The molecule has 0 aliphatic heterocycles. The van der Waals surface area contributed by atoms with Gasteiger partial charge >= 0.3 is 12.4 Å². The SMILES string of the molecule is Cc1nc([C@H](C)NC(=O)c2cc(C(F)(F)F)cc(C(F)(F)F)c2)n(-c2cc(C(N)=O)ncn2)n1. The van der Waals surface area contributed by atoms with E-state index in [9.17, 15) is 35.9 Å². The number of carbonyl (C=O) groups excluding carboxylic acids is 2. The van der Waals surface area contributed by atoms with Crippen LogP contribution in [-0.4, -0.2) is 36.5 Å². The quantitative estimate of drug-likeness (QED) is 0.533. The Morgan fingerprint density at radius 2 is 1.59 bits per heavy atom. The van der Waals surface area contributed by atoms with Crippen LogP contribution in [0.25, 0.3) is 5.82 Å². The van der Waals surface area contributed by atoms with Crippen LogP contribution in [0.2, 0.25) is 0 Å². The first-order valence-corrected chi connectivity index (χ1v) is 9.33. The molecule has 0 spiro atoms. The Morgan fingerprint density at radius 1 is 1.00 bits per heavy atom. The van der Waals surface area contributed by atoms with Crippen molar-refractivity contribution in [3.8, 4) is 5.82 Å². The van der Waals surface area contributed by atoms with Gasteiger partial charge in [0.15, 0.2) is 11.6 Å². The van der Waals surface area contributed by atoms with Gasteiger partial charge in [-0.1, -0.05) is 0 Å². The fourth-order valence-corrected chi connectivity index (χ4v) is 2.91. The van der Waals surface area contributed by atoms with Crippen molar-refractivity contribution in [2.45, 2.75) is 32.2 Å². The summed E-state index contributed by atoms with van der Waals surface area (Å²) >= 11 is 0. The Bertz CT molecular complexity index is 1220. The molecule has 3 rings (SSSR count). The van der Waals surface area contributed by atoms with Gasteiger partial charge in [-0.25, -0.2) is 15.0 Å². The molecule has 2 amide bonds. The maximum atomic E-state index is 13.1. The van der Waals surface area contributed by atoms with E-state index < -0.39 is 46.9 Å². The van der Waals surface area contributed by atoms with Gasteiger partial charge in [-0.3, -0.25) is 9.59 Å². The first-order chi connectivity index (χ1) is 15.7. The van der Waals surface area contributed by atoms with Crippen molar-refractivity contribution in [1.82, 2.24) is 30.0 Å². The van der Waals surface area contributed by atoms with Gasteiger partial charge in [0.1, 0.15) is 17.8 Å². The number of benzene rings is 1. The molecule has 0 saturated heterocycles. The first kappa shape index (κ1) is 24.6. The Kier molecular flexibility index (Phi) is 6.31. The number of primary amides is 1. The number of alkyl halides is 6. The lowest BCUT2D eigenvalue weighted by Gasteiger charge is -2.17. The fourth-order valence-electron chi connectivity index (χ4n) is 2.91. The zero-order valence-corrected chi connectivity index (χ0v) is 17.4. The van der Waals surface area contributed by atoms with Crippen LogP contribution < -0.4 is 11.1 Å². The van der Waals surface area contributed by atoms with Crippen LogP contribution in [0.4, 0.5) is 26.3 Å². The van der Waals surface area contributed by atoms with E-state index in [1.54, 1.807) is 0 Å². The van der Waals surface area contributed by atoms with Gasteiger partial charge in [-0.05, 0) is 32.0 Å². The molecule has 180 valence electrons. The summed E-state index contributed by atoms with van der Waals surface area (Å²) in [5.41, 5.74) is 0.936. The monoisotopic (exact) mass is 487 g/mol. The van der Waals surface area contributed by atoms with Gasteiger partial charge in [0.25, 0.3) is 11.8 Å². The maximum absolute atomic E-state index is 13.1. The maximum Gasteiger partial charge on any atom is 0.416 e. The number of halogens is 6. The average Bonchev–Trinajstić information content (AvgIpc) is 3.14. The van der Waals surface area contributed by atoms with Crippen molar-refractivity contribution in [2.75, 3.05) is 0 Å². The Balaban J connectivity index is 1.96. The summed E-state index contributed by atoms with van der Waals surface area (Å²) in [5.74, 6) is -1.79. The van der Waals surface area contributed by atoms with E-state index in [1.165, 1.54) is 19.9 Å². The number of hydrogen-bond acceptors (Lipinski definition) is 6. The van der Waals surface area contributed by atoms with Gasteiger partial charge in [0.05, 0.1) is 17.2 Å². The topological polar surface area (TPSA) is 129 Å². The van der Waals surface area contributed by atoms with Crippen molar-refractivity contribution in [3.63, 3.8) is 0 Å². The molecule has 1 atom stereocenters. The molecule has 0 aliphatic rings. The van der Waals surface area contributed by atoms with Crippen LogP contribution in [0.3, 0.4) is 0 Å². The third-order valence-corrected chi connectivity index (χ3v) is 4.44. The smallest absolute Gasteiger partial charge is 0.364 e. The zero-order valence-electron chi connectivity index (χ0n) is 17.4. The minimum absolute atomic E-state index is 0.0305. The molecule has 9 nitrogen and oxygen atoms in total. The predicted octanol–water partition coefficient (Wildman–Crippen LogP) is 2.99. The van der Waals surface area contributed by atoms with Crippen molar-refractivity contribution in [3.05, 3.63) is 64.6 Å². The number of carbonyl (C=O) groups is 2. The highest BCUT2D eigenvalue weighted by Gasteiger charge is 2.37. The first-order valence-electron chi connectivity index (χ1n) is 9.33. The van der Waals surface area contributed by atoms with Crippen molar-refractivity contribution < 1.29 is 35.9 Å². The van der Waals surface area contributed by atoms with Crippen LogP contribution in [-0.2, 0) is 12.4 Å². The molecule has 0 radical (unpaired) electrons. The average molecular weight is 487 g/mol. The number of nitrogens with zero attached hydrogens (tertiary/aromatic N) is 5. The molecular formula is C19H15F6N7O2. The van der Waals surface area contributed by atoms with Gasteiger partial charge in [0, 0.05) is 11.6 Å². The molecular weight excluding hydrogens is 472 g/mol. The second-order valence-electron chi connectivity index (χ2n) is 7.04. The zero-order chi connectivity index (χ0) is 25.4. The molecule has 0 aliphatic carbocycles. The minimum atomic E-state index is -5.11. The van der Waals surface area contributed by atoms with Crippen molar-refractivity contribution >= 4 is 11.8 Å². The number of aryl methyl sites for hydroxylation is 1. The molecule has 15 heteroatoms. The van der Waals surface area contributed by atoms with Crippen molar-refractivity contribution in [2.24, 2.45) is 5.73 Å². The summed E-state index contributed by atoms with van der Waals surface area (Å²) in [6, 6.07) is 0.695. The minimum Gasteiger partial charge on any atom is -0.364 e. The Hall–Kier alpha value is -4.04. The molecule has 0 unspecified atom stereocenters. The lowest BCUT2D eigenvalue weighted by atomic mass is 10.0. The molecule has 0 bridgehead atoms. The standard InChI is InChI=1S/C19H15F6N7O2/c1-8(16-30-9(2)31-32(16)14-6-13(15(26)33)27-7-28-14)29-17(34)10-3-11(18(20,21)22)5-12(4-10)19(23,24)25/h3-8H,1-2H3,(H2,26,33)(H,29,34)/t8-/m0/s1. The molecule has 1 aromatic carbocycles. The molecule has 3 N–H and O–H groups in total. The highest BCUT2D eigenvalue weighted by Crippen LogP contribution is 2.36. The van der Waals surface area contributed by atoms with Crippen LogP contribution in [0.1, 0.15) is 56.6 Å². The Morgan fingerprint density at radius 3 is 2.12 bits per heavy atom. The van der Waals surface area contributed by atoms with Gasteiger partial charge in [-0.2, -0.15) is 31.0 Å². The number of rotatable bonds is 5. The van der Waals surface area contributed by atoms with E-state index in [-0.39, 0.29) is 29.2 Å². The highest BCUT2D eigenvalue weighted by molar-refractivity contribution is 5.95. The van der Waals surface area contributed by atoms with E-state index in [0.29, 0.717) is 12.1 Å². The predicted molar refractivity (Wildman–Crippen MR) is 103 cm³/mol. The highest BCUT2D eigenvalue weighted by atomic mass is 19.4. The number of nitrogens with two attached hydrogens (primary N) is 1. The van der Waals surface area contributed by atoms with Gasteiger partial charge in [-0.15, -0.1) is 5.10 Å². The molecule has 0 saturated carbocycles. The van der Waals surface area contributed by atoms with E-state index in [4.69, 9.17) is 5.73 Å². The summed E-state index contributed by atoms with van der Waals surface area (Å²) in [5, 5.41) is 6.39. The summed E-state index contributed by atoms with van der Waals surface area (Å²) in [6.45, 7) is 2.87. The summed E-state index contributed by atoms with van der Waals surface area (Å²) in [4.78, 5) is 35.7. The van der Waals surface area contributed by atoms with E-state index in [1.807, 2.05) is 0 Å². The molecule has 34 heavy (non-hydrogen) atoms. The lowest BCUT2D eigenvalue weighted by molar-refractivity contribution is -0.143. The van der Waals surface area contributed by atoms with E-state index >= 15 is 0 Å². The van der Waals surface area contributed by atoms with E-state index in [2.05, 4.69) is 25.4 Å². The fraction of sp³-hybridized carbons (Fsp3) is 0.263. The lowest BCUT2D eigenvalue weighted by Crippen LogP contribution is -2.29. The Labute approximate surface area is 187 Å². The van der Waals surface area contributed by atoms with Crippen molar-refractivity contribution in [1.29, 1.82) is 0 Å². The summed E-state index contributed by atoms with van der Waals surface area (Å²) in [6.07, 6.45) is -9.19. The third-order valence-electron chi connectivity index (χ3n) is 4.44. The second kappa shape index (κ2) is 8.72. The van der Waals surface area contributed by atoms with Gasteiger partial charge in [0.2, 0.25) is 0 Å². The molecule has 3 aromatic rings.